The van der Waals surface area contributed by atoms with Crippen LogP contribution in [0.5, 0.6) is 0 Å². The van der Waals surface area contributed by atoms with Gasteiger partial charge in [0.1, 0.15) is 0 Å². The van der Waals surface area contributed by atoms with Gasteiger partial charge < -0.3 is 15.0 Å². The molecule has 1 aromatic rings. The van der Waals surface area contributed by atoms with Gasteiger partial charge in [-0.3, -0.25) is 4.99 Å². The van der Waals surface area contributed by atoms with Crippen molar-refractivity contribution in [1.82, 2.24) is 15.2 Å². The summed E-state index contributed by atoms with van der Waals surface area (Å²) in [5.74, 6) is 1.82. The predicted octanol–water partition coefficient (Wildman–Crippen LogP) is 3.28. The fraction of sp³-hybridized carbons (Fsp3) is 0.800. The summed E-state index contributed by atoms with van der Waals surface area (Å²) in [7, 11) is 4.02. The number of nitrogens with zero attached hydrogens (tertiary/aromatic N) is 3. The summed E-state index contributed by atoms with van der Waals surface area (Å²) in [6.45, 7) is 3.88. The molecule has 3 rings (SSSR count). The Morgan fingerprint density at radius 2 is 2.12 bits per heavy atom. The maximum atomic E-state index is 5.45. The fourth-order valence-corrected chi connectivity index (χ4v) is 5.05. The van der Waals surface area contributed by atoms with Crippen molar-refractivity contribution in [3.63, 3.8) is 0 Å². The highest BCUT2D eigenvalue weighted by Gasteiger charge is 2.16. The van der Waals surface area contributed by atoms with Crippen LogP contribution in [-0.2, 0) is 24.0 Å². The third kappa shape index (κ3) is 5.68. The van der Waals surface area contributed by atoms with Gasteiger partial charge in [0.2, 0.25) is 0 Å². The fourth-order valence-electron chi connectivity index (χ4n) is 3.85. The van der Waals surface area contributed by atoms with Gasteiger partial charge in [-0.2, -0.15) is 0 Å². The number of hydrogen-bond acceptors (Lipinski definition) is 4. The van der Waals surface area contributed by atoms with Gasteiger partial charge in [0.15, 0.2) is 5.96 Å². The Balaban J connectivity index is 1.34. The van der Waals surface area contributed by atoms with Crippen molar-refractivity contribution >= 4 is 17.3 Å². The third-order valence-corrected chi connectivity index (χ3v) is 6.74. The van der Waals surface area contributed by atoms with E-state index in [1.165, 1.54) is 55.6 Å². The van der Waals surface area contributed by atoms with Crippen molar-refractivity contribution in [2.45, 2.75) is 57.8 Å². The second kappa shape index (κ2) is 10.3. The van der Waals surface area contributed by atoms with E-state index >= 15 is 0 Å². The van der Waals surface area contributed by atoms with Gasteiger partial charge >= 0.3 is 0 Å². The van der Waals surface area contributed by atoms with Crippen LogP contribution in [0.15, 0.2) is 4.99 Å². The highest BCUT2D eigenvalue weighted by atomic mass is 32.1. The molecule has 1 N–H and O–H groups in total. The maximum Gasteiger partial charge on any atom is 0.193 e. The third-order valence-electron chi connectivity index (χ3n) is 5.53. The Hall–Kier alpha value is -1.14. The largest absolute Gasteiger partial charge is 0.381 e. The lowest BCUT2D eigenvalue weighted by Crippen LogP contribution is -2.40. The molecular formula is C20H34N4OS. The number of aryl methyl sites for hydroxylation is 3. The molecule has 0 aromatic carbocycles. The molecule has 1 aliphatic heterocycles. The predicted molar refractivity (Wildman–Crippen MR) is 109 cm³/mol. The molecule has 0 unspecified atom stereocenters. The minimum Gasteiger partial charge on any atom is -0.381 e. The number of thiazole rings is 1. The molecule has 2 aliphatic rings. The van der Waals surface area contributed by atoms with E-state index < -0.39 is 0 Å². The summed E-state index contributed by atoms with van der Waals surface area (Å²) in [6.07, 6.45) is 10.9. The number of nitrogens with one attached hydrogen (secondary N) is 1. The summed E-state index contributed by atoms with van der Waals surface area (Å²) in [6, 6.07) is 0. The highest BCUT2D eigenvalue weighted by molar-refractivity contribution is 7.11. The Morgan fingerprint density at radius 1 is 1.31 bits per heavy atom. The zero-order chi connectivity index (χ0) is 18.2. The molecule has 0 saturated carbocycles. The number of guanidine groups is 1. The molecule has 1 saturated heterocycles. The van der Waals surface area contributed by atoms with Gasteiger partial charge in [0.05, 0.1) is 10.7 Å². The molecule has 1 fully saturated rings. The van der Waals surface area contributed by atoms with Gasteiger partial charge in [0, 0.05) is 51.7 Å². The molecule has 0 spiro atoms. The van der Waals surface area contributed by atoms with Crippen molar-refractivity contribution in [2.24, 2.45) is 10.9 Å². The van der Waals surface area contributed by atoms with Crippen LogP contribution in [0.2, 0.25) is 0 Å². The van der Waals surface area contributed by atoms with Gasteiger partial charge in [-0.1, -0.05) is 0 Å². The van der Waals surface area contributed by atoms with E-state index in [4.69, 9.17) is 9.72 Å². The molecule has 1 aliphatic carbocycles. The first-order valence-electron chi connectivity index (χ1n) is 10.2. The summed E-state index contributed by atoms with van der Waals surface area (Å²) in [5, 5.41) is 4.84. The minimum absolute atomic E-state index is 0.806. The van der Waals surface area contributed by atoms with E-state index in [-0.39, 0.29) is 0 Å². The molecule has 2 heterocycles. The first-order valence-corrected chi connectivity index (χ1v) is 11.0. The van der Waals surface area contributed by atoms with Crippen LogP contribution in [0.1, 0.15) is 54.1 Å². The van der Waals surface area contributed by atoms with Gasteiger partial charge in [-0.25, -0.2) is 4.98 Å². The van der Waals surface area contributed by atoms with E-state index in [2.05, 4.69) is 22.3 Å². The standard InChI is InChI=1S/C20H34N4OS/c1-21-20(24(2)13-9-16-10-14-25-15-11-16)22-12-5-8-19-23-17-6-3-4-7-18(17)26-19/h16H,3-15H2,1-2H3,(H,21,22). The van der Waals surface area contributed by atoms with Crippen LogP contribution in [0.25, 0.3) is 0 Å². The molecular weight excluding hydrogens is 344 g/mol. The molecule has 146 valence electrons. The van der Waals surface area contributed by atoms with E-state index in [9.17, 15) is 0 Å². The zero-order valence-electron chi connectivity index (χ0n) is 16.4. The number of ether oxygens (including phenoxy) is 1. The minimum atomic E-state index is 0.806. The molecule has 1 aromatic heterocycles. The maximum absolute atomic E-state index is 5.45. The molecule has 5 nitrogen and oxygen atoms in total. The van der Waals surface area contributed by atoms with Gasteiger partial charge in [-0.05, 0) is 57.3 Å². The molecule has 0 radical (unpaired) electrons. The summed E-state index contributed by atoms with van der Waals surface area (Å²) in [5.41, 5.74) is 1.38. The lowest BCUT2D eigenvalue weighted by atomic mass is 9.96. The Labute approximate surface area is 162 Å². The Morgan fingerprint density at radius 3 is 2.88 bits per heavy atom. The molecule has 0 amide bonds. The van der Waals surface area contributed by atoms with Crippen LogP contribution in [0, 0.1) is 5.92 Å². The van der Waals surface area contributed by atoms with Crippen molar-refractivity contribution in [3.05, 3.63) is 15.6 Å². The SMILES string of the molecule is CN=C(NCCCc1nc2c(s1)CCCC2)N(C)CCC1CCOCC1. The zero-order valence-corrected chi connectivity index (χ0v) is 17.2. The number of aliphatic imine (C=N–C) groups is 1. The monoisotopic (exact) mass is 378 g/mol. The Kier molecular flexibility index (Phi) is 7.74. The molecule has 26 heavy (non-hydrogen) atoms. The van der Waals surface area contributed by atoms with Crippen molar-refractivity contribution < 1.29 is 4.74 Å². The van der Waals surface area contributed by atoms with E-state index in [1.54, 1.807) is 4.88 Å². The van der Waals surface area contributed by atoms with Crippen LogP contribution in [-0.4, -0.2) is 56.2 Å². The number of fused-ring (bicyclic) bond motifs is 1. The topological polar surface area (TPSA) is 49.8 Å². The van der Waals surface area contributed by atoms with Crippen LogP contribution in [0.4, 0.5) is 0 Å². The normalized spacial score (nSPS) is 18.6. The van der Waals surface area contributed by atoms with Gasteiger partial charge in [-0.15, -0.1) is 11.3 Å². The van der Waals surface area contributed by atoms with Gasteiger partial charge in [0.25, 0.3) is 0 Å². The summed E-state index contributed by atoms with van der Waals surface area (Å²) >= 11 is 1.94. The van der Waals surface area contributed by atoms with Crippen molar-refractivity contribution in [1.29, 1.82) is 0 Å². The van der Waals surface area contributed by atoms with E-state index in [0.29, 0.717) is 0 Å². The summed E-state index contributed by atoms with van der Waals surface area (Å²) < 4.78 is 5.45. The van der Waals surface area contributed by atoms with E-state index in [1.807, 2.05) is 18.4 Å². The molecule has 6 heteroatoms. The number of rotatable bonds is 7. The quantitative estimate of drug-likeness (QED) is 0.449. The van der Waals surface area contributed by atoms with Crippen molar-refractivity contribution in [2.75, 3.05) is 40.4 Å². The lowest BCUT2D eigenvalue weighted by molar-refractivity contribution is 0.0625. The second-order valence-electron chi connectivity index (χ2n) is 7.53. The first kappa shape index (κ1) is 19.6. The Bertz CT molecular complexity index is 557. The smallest absolute Gasteiger partial charge is 0.193 e. The summed E-state index contributed by atoms with van der Waals surface area (Å²) in [4.78, 5) is 13.1. The second-order valence-corrected chi connectivity index (χ2v) is 8.70. The van der Waals surface area contributed by atoms with Crippen LogP contribution >= 0.6 is 11.3 Å². The first-order chi connectivity index (χ1) is 12.8. The van der Waals surface area contributed by atoms with E-state index in [0.717, 1.165) is 51.0 Å². The van der Waals surface area contributed by atoms with Crippen LogP contribution < -0.4 is 5.32 Å². The lowest BCUT2D eigenvalue weighted by Gasteiger charge is -2.26. The van der Waals surface area contributed by atoms with Crippen LogP contribution in [0.3, 0.4) is 0 Å². The van der Waals surface area contributed by atoms with Crippen molar-refractivity contribution in [3.8, 4) is 0 Å². The average Bonchev–Trinajstić information content (AvgIpc) is 3.10. The number of aromatic nitrogens is 1. The molecule has 0 bridgehead atoms. The number of hydrogen-bond donors (Lipinski definition) is 1. The highest BCUT2D eigenvalue weighted by Crippen LogP contribution is 2.27. The molecule has 0 atom stereocenters. The average molecular weight is 379 g/mol.